The zero-order valence-electron chi connectivity index (χ0n) is 26.3. The second-order valence-corrected chi connectivity index (χ2v) is 11.5. The number of carboxylic acid groups (broad SMARTS) is 1. The summed E-state index contributed by atoms with van der Waals surface area (Å²) in [7, 11) is 1.52. The van der Waals surface area contributed by atoms with E-state index in [-0.39, 0.29) is 23.6 Å². The first-order valence-electron chi connectivity index (χ1n) is 14.9. The van der Waals surface area contributed by atoms with E-state index in [1.165, 1.54) is 22.8 Å². The summed E-state index contributed by atoms with van der Waals surface area (Å²) in [5.41, 5.74) is 3.85. The van der Waals surface area contributed by atoms with Crippen LogP contribution in [0.5, 0.6) is 5.75 Å². The molecule has 0 radical (unpaired) electrons. The molecule has 3 heterocycles. The van der Waals surface area contributed by atoms with Crippen molar-refractivity contribution >= 4 is 12.1 Å². The molecular weight excluding hydrogens is 627 g/mol. The zero-order chi connectivity index (χ0) is 34.3. The minimum atomic E-state index is -4.56. The number of aryl methyl sites for hydroxylation is 2. The number of nitrogens with zero attached hydrogens (tertiary/aromatic N) is 5. The van der Waals surface area contributed by atoms with Crippen molar-refractivity contribution in [1.82, 2.24) is 24.6 Å². The highest BCUT2D eigenvalue weighted by molar-refractivity contribution is 5.89. The molecule has 1 aliphatic heterocycles. The number of methoxy groups -OCH3 is 1. The number of aromatic carboxylic acids is 1. The van der Waals surface area contributed by atoms with Crippen molar-refractivity contribution in [2.45, 2.75) is 45.6 Å². The molecule has 10 nitrogen and oxygen atoms in total. The maximum Gasteiger partial charge on any atom is 0.416 e. The summed E-state index contributed by atoms with van der Waals surface area (Å²) >= 11 is 0. The molecule has 2 atom stereocenters. The number of aromatic nitrogens is 4. The van der Waals surface area contributed by atoms with Crippen LogP contribution < -0.4 is 4.74 Å². The number of halogens is 3. The van der Waals surface area contributed by atoms with Crippen molar-refractivity contribution in [3.8, 4) is 34.0 Å². The number of benzene rings is 3. The fraction of sp³-hybridized carbons (Fsp3) is 0.229. The molecule has 1 aliphatic rings. The Kier molecular flexibility index (Phi) is 8.37. The van der Waals surface area contributed by atoms with Gasteiger partial charge in [-0.3, -0.25) is 4.90 Å². The third-order valence-corrected chi connectivity index (χ3v) is 8.31. The first-order chi connectivity index (χ1) is 22.8. The molecule has 1 amide bonds. The van der Waals surface area contributed by atoms with Crippen LogP contribution in [0.1, 0.15) is 51.3 Å². The molecule has 6 rings (SSSR count). The SMILES string of the molecule is COc1ccc(-c2ccc(C(=O)O)cc2C)cc1-c1cnc(-n2cccn2)nc1CN1C(=O)O[C@H](c2cc(C)cc(C(F)(F)F)c2)[C@@H]1C. The molecule has 0 unspecified atom stereocenters. The fourth-order valence-electron chi connectivity index (χ4n) is 5.92. The summed E-state index contributed by atoms with van der Waals surface area (Å²) < 4.78 is 53.7. The number of carbonyl (C=O) groups excluding carboxylic acids is 1. The van der Waals surface area contributed by atoms with E-state index in [0.29, 0.717) is 28.1 Å². The standard InChI is InChI=1S/C35H30F3N5O5/c1-19-12-24(15-25(13-19)35(36,37)38)31-21(3)42(34(46)48-31)18-29-28(17-39-33(41-29)43-11-5-10-40-43)27-16-22(7-9-30(27)47-4)26-8-6-23(32(44)45)14-20(26)2/h5-17,21,31H,18H2,1-4H3,(H,44,45)/t21-,31-/m0/s1. The van der Waals surface area contributed by atoms with E-state index in [9.17, 15) is 27.9 Å². The van der Waals surface area contributed by atoms with Crippen LogP contribution in [0.4, 0.5) is 18.0 Å². The number of hydrogen-bond acceptors (Lipinski definition) is 7. The van der Waals surface area contributed by atoms with Crippen molar-refractivity contribution in [1.29, 1.82) is 0 Å². The van der Waals surface area contributed by atoms with Gasteiger partial charge < -0.3 is 14.6 Å². The third-order valence-electron chi connectivity index (χ3n) is 8.31. The number of hydrogen-bond donors (Lipinski definition) is 1. The van der Waals surface area contributed by atoms with E-state index >= 15 is 0 Å². The summed E-state index contributed by atoms with van der Waals surface area (Å²) in [6, 6.07) is 15.1. The zero-order valence-corrected chi connectivity index (χ0v) is 26.3. The van der Waals surface area contributed by atoms with Crippen molar-refractivity contribution in [2.24, 2.45) is 0 Å². The van der Waals surface area contributed by atoms with Gasteiger partial charge in [-0.15, -0.1) is 0 Å². The molecule has 13 heteroatoms. The van der Waals surface area contributed by atoms with Gasteiger partial charge in [-0.1, -0.05) is 23.8 Å². The van der Waals surface area contributed by atoms with E-state index < -0.39 is 35.9 Å². The lowest BCUT2D eigenvalue weighted by atomic mass is 9.94. The average Bonchev–Trinajstić information content (AvgIpc) is 3.69. The Morgan fingerprint density at radius 1 is 1.04 bits per heavy atom. The highest BCUT2D eigenvalue weighted by atomic mass is 19.4. The minimum absolute atomic E-state index is 0.0692. The number of alkyl halides is 3. The summed E-state index contributed by atoms with van der Waals surface area (Å²) in [6.45, 7) is 5.03. The van der Waals surface area contributed by atoms with Crippen LogP contribution in [0.25, 0.3) is 28.2 Å². The Morgan fingerprint density at radius 2 is 1.83 bits per heavy atom. The minimum Gasteiger partial charge on any atom is -0.496 e. The van der Waals surface area contributed by atoms with E-state index in [1.54, 1.807) is 62.8 Å². The molecular formula is C35H30F3N5O5. The van der Waals surface area contributed by atoms with Gasteiger partial charge >= 0.3 is 18.2 Å². The van der Waals surface area contributed by atoms with Gasteiger partial charge in [-0.05, 0) is 85.5 Å². The first kappa shape index (κ1) is 32.2. The van der Waals surface area contributed by atoms with Gasteiger partial charge in [0.1, 0.15) is 11.9 Å². The number of carboxylic acids is 1. The molecule has 5 aromatic rings. The quantitative estimate of drug-likeness (QED) is 0.183. The number of rotatable bonds is 8. The number of carbonyl (C=O) groups is 2. The lowest BCUT2D eigenvalue weighted by Crippen LogP contribution is -2.32. The molecule has 48 heavy (non-hydrogen) atoms. The van der Waals surface area contributed by atoms with E-state index in [0.717, 1.165) is 28.8 Å². The van der Waals surface area contributed by atoms with Crippen LogP contribution in [-0.4, -0.2) is 55.0 Å². The Balaban J connectivity index is 1.42. The van der Waals surface area contributed by atoms with Crippen LogP contribution in [0, 0.1) is 13.8 Å². The monoisotopic (exact) mass is 657 g/mol. The van der Waals surface area contributed by atoms with Gasteiger partial charge in [-0.2, -0.15) is 18.3 Å². The number of amides is 1. The lowest BCUT2D eigenvalue weighted by molar-refractivity contribution is -0.137. The van der Waals surface area contributed by atoms with Gasteiger partial charge in [0.05, 0.1) is 36.5 Å². The Bertz CT molecular complexity index is 2030. The van der Waals surface area contributed by atoms with Gasteiger partial charge in [0.2, 0.25) is 0 Å². The van der Waals surface area contributed by atoms with Gasteiger partial charge in [0.25, 0.3) is 5.95 Å². The highest BCUT2D eigenvalue weighted by Gasteiger charge is 2.41. The average molecular weight is 658 g/mol. The van der Waals surface area contributed by atoms with Crippen LogP contribution in [0.2, 0.25) is 0 Å². The van der Waals surface area contributed by atoms with Crippen LogP contribution in [-0.2, 0) is 17.5 Å². The van der Waals surface area contributed by atoms with Crippen LogP contribution in [0.3, 0.4) is 0 Å². The molecule has 246 valence electrons. The Morgan fingerprint density at radius 3 is 2.50 bits per heavy atom. The summed E-state index contributed by atoms with van der Waals surface area (Å²) in [5.74, 6) is -0.303. The predicted octanol–water partition coefficient (Wildman–Crippen LogP) is 7.42. The predicted molar refractivity (Wildman–Crippen MR) is 169 cm³/mol. The smallest absolute Gasteiger partial charge is 0.416 e. The molecule has 0 aliphatic carbocycles. The summed E-state index contributed by atoms with van der Waals surface area (Å²) in [6.07, 6.45) is -1.38. The molecule has 1 saturated heterocycles. The van der Waals surface area contributed by atoms with E-state index in [1.807, 2.05) is 19.1 Å². The third kappa shape index (κ3) is 6.18. The Hall–Kier alpha value is -5.72. The second-order valence-electron chi connectivity index (χ2n) is 11.5. The van der Waals surface area contributed by atoms with Crippen molar-refractivity contribution in [3.05, 3.63) is 113 Å². The van der Waals surface area contributed by atoms with Gasteiger partial charge in [-0.25, -0.2) is 24.2 Å². The first-order valence-corrected chi connectivity index (χ1v) is 14.9. The van der Waals surface area contributed by atoms with Crippen molar-refractivity contribution < 1.29 is 37.3 Å². The topological polar surface area (TPSA) is 120 Å². The summed E-state index contributed by atoms with van der Waals surface area (Å²) in [4.78, 5) is 35.6. The number of cyclic esters (lactones) is 1. The highest BCUT2D eigenvalue weighted by Crippen LogP contribution is 2.40. The lowest BCUT2D eigenvalue weighted by Gasteiger charge is -2.23. The van der Waals surface area contributed by atoms with E-state index in [2.05, 4.69) is 10.1 Å². The molecule has 0 saturated carbocycles. The van der Waals surface area contributed by atoms with Crippen LogP contribution >= 0.6 is 0 Å². The fourth-order valence-corrected chi connectivity index (χ4v) is 5.92. The Labute approximate surface area is 273 Å². The molecule has 2 aromatic heterocycles. The van der Waals surface area contributed by atoms with Crippen molar-refractivity contribution in [3.63, 3.8) is 0 Å². The molecule has 0 spiro atoms. The van der Waals surface area contributed by atoms with Crippen LogP contribution in [0.15, 0.2) is 79.3 Å². The largest absolute Gasteiger partial charge is 0.496 e. The van der Waals surface area contributed by atoms with Gasteiger partial charge in [0.15, 0.2) is 0 Å². The van der Waals surface area contributed by atoms with Gasteiger partial charge in [0, 0.05) is 29.7 Å². The normalized spacial score (nSPS) is 16.2. The molecule has 0 bridgehead atoms. The molecule has 3 aromatic carbocycles. The number of ether oxygens (including phenoxy) is 2. The molecule has 1 fully saturated rings. The van der Waals surface area contributed by atoms with E-state index in [4.69, 9.17) is 14.5 Å². The maximum absolute atomic E-state index is 13.6. The summed E-state index contributed by atoms with van der Waals surface area (Å²) in [5, 5.41) is 13.7. The molecule has 1 N–H and O–H groups in total. The van der Waals surface area contributed by atoms with Crippen molar-refractivity contribution in [2.75, 3.05) is 7.11 Å². The maximum atomic E-state index is 13.6. The second kappa shape index (κ2) is 12.5.